The normalized spacial score (nSPS) is 10.1. The highest BCUT2D eigenvalue weighted by molar-refractivity contribution is 6.32. The van der Waals surface area contributed by atoms with Crippen molar-refractivity contribution in [2.24, 2.45) is 0 Å². The molecule has 1 heterocycles. The van der Waals surface area contributed by atoms with E-state index in [4.69, 9.17) is 16.3 Å². The number of rotatable bonds is 3. The Morgan fingerprint density at radius 1 is 1.50 bits per heavy atom. The van der Waals surface area contributed by atoms with Crippen molar-refractivity contribution in [3.63, 3.8) is 0 Å². The Morgan fingerprint density at radius 3 is 2.88 bits per heavy atom. The van der Waals surface area contributed by atoms with E-state index in [0.29, 0.717) is 16.3 Å². The lowest BCUT2D eigenvalue weighted by Crippen LogP contribution is -1.94. The molecular formula is C11H9ClN2O2. The van der Waals surface area contributed by atoms with Crippen molar-refractivity contribution in [1.82, 2.24) is 9.78 Å². The second-order valence-electron chi connectivity index (χ2n) is 3.15. The zero-order valence-corrected chi connectivity index (χ0v) is 9.31. The van der Waals surface area contributed by atoms with Gasteiger partial charge in [0, 0.05) is 6.20 Å². The van der Waals surface area contributed by atoms with Crippen LogP contribution >= 0.6 is 11.6 Å². The van der Waals surface area contributed by atoms with Crippen molar-refractivity contribution in [3.8, 4) is 11.4 Å². The van der Waals surface area contributed by atoms with Gasteiger partial charge in [0.15, 0.2) is 6.29 Å². The Kier molecular flexibility index (Phi) is 2.92. The first-order valence-corrected chi connectivity index (χ1v) is 4.96. The average Bonchev–Trinajstić information content (AvgIpc) is 2.77. The summed E-state index contributed by atoms with van der Waals surface area (Å²) in [6.45, 7) is 0. The molecule has 0 unspecified atom stereocenters. The van der Waals surface area contributed by atoms with E-state index in [1.165, 1.54) is 6.20 Å². The molecule has 16 heavy (non-hydrogen) atoms. The Labute approximate surface area is 97.4 Å². The summed E-state index contributed by atoms with van der Waals surface area (Å²) in [5, 5.41) is 4.54. The smallest absolute Gasteiger partial charge is 0.153 e. The second-order valence-corrected chi connectivity index (χ2v) is 3.56. The number of hydrogen-bond acceptors (Lipinski definition) is 3. The van der Waals surface area contributed by atoms with Gasteiger partial charge in [0.2, 0.25) is 0 Å². The van der Waals surface area contributed by atoms with Gasteiger partial charge in [-0.05, 0) is 18.2 Å². The molecule has 1 aromatic carbocycles. The van der Waals surface area contributed by atoms with Gasteiger partial charge < -0.3 is 4.74 Å². The van der Waals surface area contributed by atoms with E-state index >= 15 is 0 Å². The minimum atomic E-state index is 0.503. The number of methoxy groups -OCH3 is 1. The fourth-order valence-electron chi connectivity index (χ4n) is 1.34. The SMILES string of the molecule is COc1ccc(-n2cc(C=O)cn2)cc1Cl. The van der Waals surface area contributed by atoms with Crippen LogP contribution in [0, 0.1) is 0 Å². The van der Waals surface area contributed by atoms with Crippen LogP contribution in [0.15, 0.2) is 30.6 Å². The van der Waals surface area contributed by atoms with E-state index in [1.807, 2.05) is 6.07 Å². The maximum absolute atomic E-state index is 10.5. The summed E-state index contributed by atoms with van der Waals surface area (Å²) in [5.41, 5.74) is 1.30. The standard InChI is InChI=1S/C11H9ClN2O2/c1-16-11-3-2-9(4-10(11)12)14-6-8(7-15)5-13-14/h2-7H,1H3. The maximum Gasteiger partial charge on any atom is 0.153 e. The Morgan fingerprint density at radius 2 is 2.31 bits per heavy atom. The molecule has 0 spiro atoms. The zero-order valence-electron chi connectivity index (χ0n) is 8.55. The molecule has 2 aromatic rings. The van der Waals surface area contributed by atoms with E-state index in [0.717, 1.165) is 12.0 Å². The number of aromatic nitrogens is 2. The average molecular weight is 237 g/mol. The van der Waals surface area contributed by atoms with Gasteiger partial charge >= 0.3 is 0 Å². The third kappa shape index (κ3) is 1.92. The fraction of sp³-hybridized carbons (Fsp3) is 0.0909. The molecular weight excluding hydrogens is 228 g/mol. The van der Waals surface area contributed by atoms with Crippen molar-refractivity contribution in [2.75, 3.05) is 7.11 Å². The molecule has 0 atom stereocenters. The summed E-state index contributed by atoms with van der Waals surface area (Å²) in [4.78, 5) is 10.5. The lowest BCUT2D eigenvalue weighted by Gasteiger charge is -2.05. The number of ether oxygens (including phenoxy) is 1. The molecule has 0 N–H and O–H groups in total. The largest absolute Gasteiger partial charge is 0.495 e. The summed E-state index contributed by atoms with van der Waals surface area (Å²) < 4.78 is 6.62. The molecule has 5 heteroatoms. The molecule has 1 aromatic heterocycles. The van der Waals surface area contributed by atoms with Gasteiger partial charge in [0.05, 0.1) is 29.6 Å². The molecule has 0 aliphatic rings. The van der Waals surface area contributed by atoms with E-state index in [2.05, 4.69) is 5.10 Å². The van der Waals surface area contributed by atoms with Gasteiger partial charge in [-0.3, -0.25) is 4.79 Å². The van der Waals surface area contributed by atoms with Crippen LogP contribution in [0.25, 0.3) is 5.69 Å². The van der Waals surface area contributed by atoms with Crippen LogP contribution in [0.4, 0.5) is 0 Å². The van der Waals surface area contributed by atoms with E-state index in [9.17, 15) is 4.79 Å². The molecule has 0 aliphatic heterocycles. The summed E-state index contributed by atoms with van der Waals surface area (Å²) in [6, 6.07) is 5.29. The maximum atomic E-state index is 10.5. The van der Waals surface area contributed by atoms with Crippen molar-refractivity contribution in [2.45, 2.75) is 0 Å². The fourth-order valence-corrected chi connectivity index (χ4v) is 1.59. The van der Waals surface area contributed by atoms with Crippen molar-refractivity contribution in [3.05, 3.63) is 41.2 Å². The number of nitrogens with zero attached hydrogens (tertiary/aromatic N) is 2. The molecule has 0 saturated heterocycles. The van der Waals surface area contributed by atoms with Gasteiger partial charge in [-0.15, -0.1) is 0 Å². The quantitative estimate of drug-likeness (QED) is 0.769. The number of halogens is 1. The highest BCUT2D eigenvalue weighted by Gasteiger charge is 2.04. The van der Waals surface area contributed by atoms with Gasteiger partial charge in [-0.1, -0.05) is 11.6 Å². The molecule has 0 amide bonds. The Hall–Kier alpha value is -1.81. The van der Waals surface area contributed by atoms with Crippen molar-refractivity contribution >= 4 is 17.9 Å². The first kappa shape index (κ1) is 10.7. The zero-order chi connectivity index (χ0) is 11.5. The van der Waals surface area contributed by atoms with Gasteiger partial charge in [-0.25, -0.2) is 4.68 Å². The van der Waals surface area contributed by atoms with Crippen LogP contribution in [0.5, 0.6) is 5.75 Å². The van der Waals surface area contributed by atoms with Crippen LogP contribution in [0.3, 0.4) is 0 Å². The van der Waals surface area contributed by atoms with E-state index < -0.39 is 0 Å². The van der Waals surface area contributed by atoms with Crippen LogP contribution in [-0.4, -0.2) is 23.2 Å². The van der Waals surface area contributed by atoms with Gasteiger partial charge in [0.25, 0.3) is 0 Å². The van der Waals surface area contributed by atoms with Gasteiger partial charge in [0.1, 0.15) is 5.75 Å². The molecule has 0 saturated carbocycles. The first-order valence-electron chi connectivity index (χ1n) is 4.58. The number of carbonyl (C=O) groups excluding carboxylic acids is 1. The predicted octanol–water partition coefficient (Wildman–Crippen LogP) is 2.35. The van der Waals surface area contributed by atoms with Crippen LogP contribution in [-0.2, 0) is 0 Å². The second kappa shape index (κ2) is 4.37. The summed E-state index contributed by atoms with van der Waals surface area (Å²) >= 11 is 5.98. The van der Waals surface area contributed by atoms with Crippen LogP contribution in [0.1, 0.15) is 10.4 Å². The lowest BCUT2D eigenvalue weighted by atomic mass is 10.3. The number of hydrogen-bond donors (Lipinski definition) is 0. The molecule has 0 fully saturated rings. The molecule has 0 bridgehead atoms. The molecule has 2 rings (SSSR count). The molecule has 4 nitrogen and oxygen atoms in total. The predicted molar refractivity (Wildman–Crippen MR) is 60.5 cm³/mol. The highest BCUT2D eigenvalue weighted by atomic mass is 35.5. The van der Waals surface area contributed by atoms with Crippen molar-refractivity contribution in [1.29, 1.82) is 0 Å². The Bertz CT molecular complexity index is 522. The molecule has 82 valence electrons. The topological polar surface area (TPSA) is 44.1 Å². The summed E-state index contributed by atoms with van der Waals surface area (Å²) in [5.74, 6) is 0.605. The molecule has 0 radical (unpaired) electrons. The van der Waals surface area contributed by atoms with E-state index in [-0.39, 0.29) is 0 Å². The number of aldehydes is 1. The third-order valence-electron chi connectivity index (χ3n) is 2.14. The summed E-state index contributed by atoms with van der Waals surface area (Å²) in [6.07, 6.45) is 3.87. The van der Waals surface area contributed by atoms with Crippen LogP contribution < -0.4 is 4.74 Å². The van der Waals surface area contributed by atoms with Crippen LogP contribution in [0.2, 0.25) is 5.02 Å². The summed E-state index contributed by atoms with van der Waals surface area (Å²) in [7, 11) is 1.55. The Balaban J connectivity index is 2.40. The van der Waals surface area contributed by atoms with Gasteiger partial charge in [-0.2, -0.15) is 5.10 Å². The van der Waals surface area contributed by atoms with E-state index in [1.54, 1.807) is 30.1 Å². The monoisotopic (exact) mass is 236 g/mol. The first-order chi connectivity index (χ1) is 7.74. The highest BCUT2D eigenvalue weighted by Crippen LogP contribution is 2.26. The number of carbonyl (C=O) groups is 1. The lowest BCUT2D eigenvalue weighted by molar-refractivity contribution is 0.112. The molecule has 0 aliphatic carbocycles. The number of benzene rings is 1. The minimum absolute atomic E-state index is 0.503. The third-order valence-corrected chi connectivity index (χ3v) is 2.43. The van der Waals surface area contributed by atoms with Crippen molar-refractivity contribution < 1.29 is 9.53 Å². The minimum Gasteiger partial charge on any atom is -0.495 e.